The van der Waals surface area contributed by atoms with Crippen LogP contribution in [0.5, 0.6) is 0 Å². The highest BCUT2D eigenvalue weighted by molar-refractivity contribution is 5.76. The Balaban J connectivity index is 2.38. The Hall–Kier alpha value is -0.610. The van der Waals surface area contributed by atoms with Crippen LogP contribution in [-0.2, 0) is 4.79 Å². The van der Waals surface area contributed by atoms with Crippen molar-refractivity contribution in [1.82, 2.24) is 10.2 Å². The zero-order valence-corrected chi connectivity index (χ0v) is 12.0. The van der Waals surface area contributed by atoms with Crippen LogP contribution in [-0.4, -0.2) is 42.5 Å². The molecule has 18 heavy (non-hydrogen) atoms. The summed E-state index contributed by atoms with van der Waals surface area (Å²) in [4.78, 5) is 13.9. The fourth-order valence-corrected chi connectivity index (χ4v) is 2.73. The summed E-state index contributed by atoms with van der Waals surface area (Å²) in [7, 11) is 0. The summed E-state index contributed by atoms with van der Waals surface area (Å²) in [5.74, 6) is 0.221. The van der Waals surface area contributed by atoms with Crippen LogP contribution in [0, 0.1) is 0 Å². The molecule has 0 aromatic carbocycles. The minimum absolute atomic E-state index is 0.140. The Bertz CT molecular complexity index is 235. The summed E-state index contributed by atoms with van der Waals surface area (Å²) in [5, 5.41) is 3.57. The summed E-state index contributed by atoms with van der Waals surface area (Å²) < 4.78 is 0. The van der Waals surface area contributed by atoms with E-state index in [0.29, 0.717) is 19.0 Å². The Morgan fingerprint density at radius 3 is 2.39 bits per heavy atom. The van der Waals surface area contributed by atoms with Gasteiger partial charge in [-0.15, -0.1) is 0 Å². The molecule has 1 aliphatic rings. The van der Waals surface area contributed by atoms with Gasteiger partial charge in [0.05, 0.1) is 0 Å². The average molecular weight is 255 g/mol. The van der Waals surface area contributed by atoms with Crippen molar-refractivity contribution in [3.8, 4) is 0 Å². The fraction of sp³-hybridized carbons (Fsp3) is 0.929. The molecular weight excluding hydrogens is 226 g/mol. The Labute approximate surface area is 111 Å². The van der Waals surface area contributed by atoms with E-state index < -0.39 is 0 Å². The number of carbonyl (C=O) groups is 1. The number of nitrogens with one attached hydrogen (secondary N) is 1. The van der Waals surface area contributed by atoms with E-state index in [9.17, 15) is 4.79 Å². The van der Waals surface area contributed by atoms with E-state index in [1.54, 1.807) is 0 Å². The van der Waals surface area contributed by atoms with E-state index in [1.165, 1.54) is 32.1 Å². The lowest BCUT2D eigenvalue weighted by Crippen LogP contribution is -2.46. The number of hydrogen-bond donors (Lipinski definition) is 2. The Kier molecular flexibility index (Phi) is 7.28. The summed E-state index contributed by atoms with van der Waals surface area (Å²) in [6, 6.07) is 0.706. The number of amides is 1. The molecule has 106 valence electrons. The Morgan fingerprint density at radius 2 is 1.89 bits per heavy atom. The number of rotatable bonds is 7. The fourth-order valence-electron chi connectivity index (χ4n) is 2.73. The first-order valence-corrected chi connectivity index (χ1v) is 7.45. The molecule has 0 aromatic heterocycles. The summed E-state index contributed by atoms with van der Waals surface area (Å²) in [5.41, 5.74) is 5.79. The molecule has 4 nitrogen and oxygen atoms in total. The molecule has 0 aromatic rings. The molecule has 1 unspecified atom stereocenters. The second kappa shape index (κ2) is 8.48. The maximum atomic E-state index is 12.0. The van der Waals surface area contributed by atoms with E-state index in [-0.39, 0.29) is 11.9 Å². The van der Waals surface area contributed by atoms with Gasteiger partial charge in [-0.05, 0) is 26.7 Å². The normalized spacial score (nSPS) is 18.6. The highest BCUT2D eigenvalue weighted by Crippen LogP contribution is 2.18. The lowest BCUT2D eigenvalue weighted by molar-refractivity contribution is -0.131. The monoisotopic (exact) mass is 255 g/mol. The average Bonchev–Trinajstić information content (AvgIpc) is 2.40. The topological polar surface area (TPSA) is 58.4 Å². The first kappa shape index (κ1) is 15.4. The van der Waals surface area contributed by atoms with Gasteiger partial charge in [0.25, 0.3) is 0 Å². The molecular formula is C14H29N3O. The summed E-state index contributed by atoms with van der Waals surface area (Å²) in [6.45, 7) is 6.16. The van der Waals surface area contributed by atoms with E-state index in [4.69, 9.17) is 5.73 Å². The predicted molar refractivity (Wildman–Crippen MR) is 75.4 cm³/mol. The van der Waals surface area contributed by atoms with E-state index in [0.717, 1.165) is 13.1 Å². The quantitative estimate of drug-likeness (QED) is 0.725. The lowest BCUT2D eigenvalue weighted by Gasteiger charge is -2.29. The number of carbonyl (C=O) groups excluding carboxylic acids is 1. The maximum absolute atomic E-state index is 12.0. The molecule has 1 rings (SSSR count). The zero-order chi connectivity index (χ0) is 13.4. The van der Waals surface area contributed by atoms with Crippen molar-refractivity contribution in [2.75, 3.05) is 19.6 Å². The third-order valence-electron chi connectivity index (χ3n) is 3.90. The van der Waals surface area contributed by atoms with Crippen molar-refractivity contribution in [3.05, 3.63) is 0 Å². The van der Waals surface area contributed by atoms with Crippen molar-refractivity contribution >= 4 is 5.91 Å². The second-order valence-electron chi connectivity index (χ2n) is 5.20. The summed E-state index contributed by atoms with van der Waals surface area (Å²) >= 11 is 0. The zero-order valence-electron chi connectivity index (χ0n) is 12.0. The van der Waals surface area contributed by atoms with Crippen molar-refractivity contribution in [1.29, 1.82) is 0 Å². The van der Waals surface area contributed by atoms with Crippen LogP contribution in [0.25, 0.3) is 0 Å². The van der Waals surface area contributed by atoms with E-state index in [2.05, 4.69) is 5.32 Å². The third kappa shape index (κ3) is 4.94. The van der Waals surface area contributed by atoms with E-state index >= 15 is 0 Å². The van der Waals surface area contributed by atoms with Gasteiger partial charge in [-0.1, -0.05) is 19.3 Å². The molecule has 1 atom stereocenters. The predicted octanol–water partition coefficient (Wildman–Crippen LogP) is 1.49. The van der Waals surface area contributed by atoms with Crippen molar-refractivity contribution in [3.63, 3.8) is 0 Å². The van der Waals surface area contributed by atoms with Gasteiger partial charge in [-0.3, -0.25) is 4.79 Å². The number of nitrogens with two attached hydrogens (primary N) is 1. The molecule has 1 amide bonds. The Morgan fingerprint density at radius 1 is 1.28 bits per heavy atom. The van der Waals surface area contributed by atoms with Crippen LogP contribution in [0.2, 0.25) is 0 Å². The molecule has 0 bridgehead atoms. The van der Waals surface area contributed by atoms with Crippen LogP contribution >= 0.6 is 0 Å². The van der Waals surface area contributed by atoms with Crippen LogP contribution in [0.3, 0.4) is 0 Å². The van der Waals surface area contributed by atoms with Gasteiger partial charge in [-0.25, -0.2) is 0 Å². The van der Waals surface area contributed by atoms with Gasteiger partial charge < -0.3 is 16.0 Å². The smallest absolute Gasteiger partial charge is 0.224 e. The van der Waals surface area contributed by atoms with Crippen LogP contribution < -0.4 is 11.1 Å². The van der Waals surface area contributed by atoms with Gasteiger partial charge in [0.15, 0.2) is 0 Å². The molecule has 4 heteroatoms. The molecule has 0 heterocycles. The van der Waals surface area contributed by atoms with Crippen molar-refractivity contribution in [2.45, 2.75) is 64.5 Å². The minimum atomic E-state index is 0.140. The van der Waals surface area contributed by atoms with E-state index in [1.807, 2.05) is 18.7 Å². The summed E-state index contributed by atoms with van der Waals surface area (Å²) in [6.07, 6.45) is 6.96. The lowest BCUT2D eigenvalue weighted by atomic mass is 9.94. The van der Waals surface area contributed by atoms with Crippen LogP contribution in [0.1, 0.15) is 52.4 Å². The SMILES string of the molecule is CCN(CC)C(=O)CC(CN)NC1CCCCC1. The number of nitrogens with zero attached hydrogens (tertiary/aromatic N) is 1. The molecule has 0 aliphatic heterocycles. The third-order valence-corrected chi connectivity index (χ3v) is 3.90. The molecule has 1 aliphatic carbocycles. The first-order chi connectivity index (χ1) is 8.71. The molecule has 1 saturated carbocycles. The largest absolute Gasteiger partial charge is 0.343 e. The van der Waals surface area contributed by atoms with Crippen LogP contribution in [0.15, 0.2) is 0 Å². The highest BCUT2D eigenvalue weighted by atomic mass is 16.2. The molecule has 0 saturated heterocycles. The van der Waals surface area contributed by atoms with Gasteiger partial charge in [-0.2, -0.15) is 0 Å². The highest BCUT2D eigenvalue weighted by Gasteiger charge is 2.20. The number of hydrogen-bond acceptors (Lipinski definition) is 3. The molecule has 1 fully saturated rings. The van der Waals surface area contributed by atoms with Crippen LogP contribution in [0.4, 0.5) is 0 Å². The van der Waals surface area contributed by atoms with Gasteiger partial charge in [0.1, 0.15) is 0 Å². The van der Waals surface area contributed by atoms with Crippen molar-refractivity contribution < 1.29 is 4.79 Å². The van der Waals surface area contributed by atoms with Crippen molar-refractivity contribution in [2.24, 2.45) is 5.73 Å². The molecule has 0 spiro atoms. The standard InChI is InChI=1S/C14H29N3O/c1-3-17(4-2)14(18)10-13(11-15)16-12-8-6-5-7-9-12/h12-13,16H,3-11,15H2,1-2H3. The van der Waals surface area contributed by atoms with Gasteiger partial charge >= 0.3 is 0 Å². The van der Waals surface area contributed by atoms with Gasteiger partial charge in [0.2, 0.25) is 5.91 Å². The maximum Gasteiger partial charge on any atom is 0.224 e. The first-order valence-electron chi connectivity index (χ1n) is 7.45. The molecule has 3 N–H and O–H groups in total. The van der Waals surface area contributed by atoms with Gasteiger partial charge in [0, 0.05) is 38.1 Å². The second-order valence-corrected chi connectivity index (χ2v) is 5.20. The minimum Gasteiger partial charge on any atom is -0.343 e. The molecule has 0 radical (unpaired) electrons.